The normalized spacial score (nSPS) is 30.5. The van der Waals surface area contributed by atoms with Gasteiger partial charge in [0.15, 0.2) is 0 Å². The number of benzene rings is 2. The van der Waals surface area contributed by atoms with Crippen molar-refractivity contribution in [2.75, 3.05) is 11.9 Å². The molecule has 0 saturated carbocycles. The average Bonchev–Trinajstić information content (AvgIpc) is 3.33. The number of aliphatic hydroxyl groups excluding tert-OH is 1. The van der Waals surface area contributed by atoms with Crippen molar-refractivity contribution in [3.8, 4) is 0 Å². The number of likely N-dealkylation sites (tertiary alicyclic amines) is 1. The third-order valence-corrected chi connectivity index (χ3v) is 6.64. The zero-order chi connectivity index (χ0) is 21.0. The molecule has 3 heterocycles. The number of carbonyl (C=O) groups is 3. The van der Waals surface area contributed by atoms with Crippen LogP contribution in [0.15, 0.2) is 54.6 Å². The molecule has 0 aliphatic carbocycles. The molecule has 2 fully saturated rings. The Morgan fingerprint density at radius 3 is 2.47 bits per heavy atom. The first-order valence-electron chi connectivity index (χ1n) is 10.2. The van der Waals surface area contributed by atoms with Gasteiger partial charge in [0.25, 0.3) is 0 Å². The number of nitrogens with zero attached hydrogens (tertiary/aromatic N) is 1. The standard InChI is InChI=1S/C23H23N3O4/c1-13(27)19-17-18(23(25-19)15-9-5-6-10-16(15)24-22(23)30)21(29)26(20(17)28)12-11-14-7-3-2-4-8-14/h2-10,13,17-19,25,27H,11-12H2,1H3,(H,24,30)/t13-,17+,18-,19-,23-/m0/s1. The third kappa shape index (κ3) is 2.49. The summed E-state index contributed by atoms with van der Waals surface area (Å²) in [6.07, 6.45) is -0.358. The van der Waals surface area contributed by atoms with E-state index in [0.717, 1.165) is 5.56 Å². The lowest BCUT2D eigenvalue weighted by Gasteiger charge is -2.30. The summed E-state index contributed by atoms with van der Waals surface area (Å²) >= 11 is 0. The highest BCUT2D eigenvalue weighted by atomic mass is 16.3. The molecule has 3 amide bonds. The molecule has 3 aliphatic heterocycles. The zero-order valence-electron chi connectivity index (χ0n) is 16.5. The van der Waals surface area contributed by atoms with E-state index in [4.69, 9.17) is 0 Å². The lowest BCUT2D eigenvalue weighted by Crippen LogP contribution is -2.54. The topological polar surface area (TPSA) is 98.7 Å². The van der Waals surface area contributed by atoms with Crippen molar-refractivity contribution in [1.29, 1.82) is 0 Å². The van der Waals surface area contributed by atoms with Gasteiger partial charge in [0.1, 0.15) is 5.54 Å². The second kappa shape index (κ2) is 6.75. The van der Waals surface area contributed by atoms with Crippen LogP contribution < -0.4 is 10.6 Å². The second-order valence-corrected chi connectivity index (χ2v) is 8.29. The minimum atomic E-state index is -1.35. The summed E-state index contributed by atoms with van der Waals surface area (Å²) in [5.74, 6) is -2.71. The number of para-hydroxylation sites is 1. The molecule has 7 nitrogen and oxygen atoms in total. The minimum Gasteiger partial charge on any atom is -0.392 e. The average molecular weight is 405 g/mol. The lowest BCUT2D eigenvalue weighted by molar-refractivity contribution is -0.143. The van der Waals surface area contributed by atoms with Crippen LogP contribution in [0.4, 0.5) is 5.69 Å². The molecule has 2 aromatic carbocycles. The van der Waals surface area contributed by atoms with E-state index in [1.807, 2.05) is 42.5 Å². The fraction of sp³-hybridized carbons (Fsp3) is 0.348. The molecule has 3 aliphatic rings. The Morgan fingerprint density at radius 1 is 1.03 bits per heavy atom. The van der Waals surface area contributed by atoms with Gasteiger partial charge in [0, 0.05) is 23.8 Å². The zero-order valence-corrected chi connectivity index (χ0v) is 16.5. The van der Waals surface area contributed by atoms with Crippen molar-refractivity contribution in [2.45, 2.75) is 31.0 Å². The first-order valence-corrected chi connectivity index (χ1v) is 10.2. The molecule has 5 atom stereocenters. The van der Waals surface area contributed by atoms with E-state index in [9.17, 15) is 19.5 Å². The van der Waals surface area contributed by atoms with Gasteiger partial charge in [0.05, 0.1) is 17.9 Å². The summed E-state index contributed by atoms with van der Waals surface area (Å²) in [7, 11) is 0. The molecule has 30 heavy (non-hydrogen) atoms. The Hall–Kier alpha value is -3.03. The largest absolute Gasteiger partial charge is 0.392 e. The van der Waals surface area contributed by atoms with E-state index in [2.05, 4.69) is 10.6 Å². The predicted octanol–water partition coefficient (Wildman–Crippen LogP) is 1.03. The summed E-state index contributed by atoms with van der Waals surface area (Å²) in [4.78, 5) is 41.3. The molecular formula is C23H23N3O4. The van der Waals surface area contributed by atoms with Crippen molar-refractivity contribution < 1.29 is 19.5 Å². The van der Waals surface area contributed by atoms with Crippen LogP contribution in [0.1, 0.15) is 18.1 Å². The summed E-state index contributed by atoms with van der Waals surface area (Å²) < 4.78 is 0. The quantitative estimate of drug-likeness (QED) is 0.660. The number of hydrogen-bond acceptors (Lipinski definition) is 5. The van der Waals surface area contributed by atoms with Gasteiger partial charge in [-0.2, -0.15) is 0 Å². The molecule has 0 unspecified atom stereocenters. The Kier molecular flexibility index (Phi) is 4.27. The van der Waals surface area contributed by atoms with Crippen LogP contribution >= 0.6 is 0 Å². The van der Waals surface area contributed by atoms with Crippen LogP contribution in [0.3, 0.4) is 0 Å². The number of imide groups is 1. The minimum absolute atomic E-state index is 0.251. The number of anilines is 1. The first-order chi connectivity index (χ1) is 14.4. The van der Waals surface area contributed by atoms with Gasteiger partial charge in [-0.1, -0.05) is 48.5 Å². The van der Waals surface area contributed by atoms with E-state index in [1.165, 1.54) is 4.90 Å². The van der Waals surface area contributed by atoms with Crippen molar-refractivity contribution >= 4 is 23.4 Å². The molecule has 0 radical (unpaired) electrons. The van der Waals surface area contributed by atoms with Gasteiger partial charge in [0.2, 0.25) is 17.7 Å². The van der Waals surface area contributed by atoms with E-state index >= 15 is 0 Å². The summed E-state index contributed by atoms with van der Waals surface area (Å²) in [5.41, 5.74) is 0.957. The van der Waals surface area contributed by atoms with E-state index < -0.39 is 29.5 Å². The molecule has 0 bridgehead atoms. The van der Waals surface area contributed by atoms with Crippen LogP contribution in [0.25, 0.3) is 0 Å². The summed E-state index contributed by atoms with van der Waals surface area (Å²) in [5, 5.41) is 16.4. The van der Waals surface area contributed by atoms with Crippen LogP contribution in [0.2, 0.25) is 0 Å². The molecule has 154 valence electrons. The van der Waals surface area contributed by atoms with Crippen LogP contribution in [0, 0.1) is 11.8 Å². The molecule has 2 aromatic rings. The molecule has 0 aromatic heterocycles. The highest BCUT2D eigenvalue weighted by Crippen LogP contribution is 2.53. The van der Waals surface area contributed by atoms with Gasteiger partial charge >= 0.3 is 0 Å². The highest BCUT2D eigenvalue weighted by Gasteiger charge is 2.70. The maximum atomic E-state index is 13.5. The number of rotatable bonds is 4. The van der Waals surface area contributed by atoms with Gasteiger partial charge < -0.3 is 10.4 Å². The van der Waals surface area contributed by atoms with E-state index in [1.54, 1.807) is 19.1 Å². The Bertz CT molecular complexity index is 1040. The number of carbonyl (C=O) groups excluding carboxylic acids is 3. The molecule has 5 rings (SSSR count). The van der Waals surface area contributed by atoms with E-state index in [0.29, 0.717) is 17.7 Å². The van der Waals surface area contributed by atoms with Gasteiger partial charge in [-0.25, -0.2) is 0 Å². The Labute approximate surface area is 174 Å². The fourth-order valence-corrected chi connectivity index (χ4v) is 5.27. The third-order valence-electron chi connectivity index (χ3n) is 6.64. The van der Waals surface area contributed by atoms with Gasteiger partial charge in [-0.15, -0.1) is 0 Å². The molecule has 2 saturated heterocycles. The molecule has 3 N–H and O–H groups in total. The fourth-order valence-electron chi connectivity index (χ4n) is 5.27. The van der Waals surface area contributed by atoms with Crippen molar-refractivity contribution in [3.63, 3.8) is 0 Å². The Morgan fingerprint density at radius 2 is 1.73 bits per heavy atom. The van der Waals surface area contributed by atoms with Crippen LogP contribution in [0.5, 0.6) is 0 Å². The number of aliphatic hydroxyl groups is 1. The number of nitrogens with one attached hydrogen (secondary N) is 2. The summed E-state index contributed by atoms with van der Waals surface area (Å²) in [6, 6.07) is 16.2. The second-order valence-electron chi connectivity index (χ2n) is 8.29. The maximum absolute atomic E-state index is 13.5. The highest BCUT2D eigenvalue weighted by molar-refractivity contribution is 6.15. The van der Waals surface area contributed by atoms with Crippen molar-refractivity contribution in [1.82, 2.24) is 10.2 Å². The summed E-state index contributed by atoms with van der Waals surface area (Å²) in [6.45, 7) is 1.83. The van der Waals surface area contributed by atoms with Crippen molar-refractivity contribution in [3.05, 3.63) is 65.7 Å². The van der Waals surface area contributed by atoms with Crippen molar-refractivity contribution in [2.24, 2.45) is 11.8 Å². The maximum Gasteiger partial charge on any atom is 0.250 e. The van der Waals surface area contributed by atoms with Crippen LogP contribution in [-0.2, 0) is 26.3 Å². The first kappa shape index (κ1) is 19.0. The Balaban J connectivity index is 1.54. The number of fused-ring (bicyclic) bond motifs is 4. The molecule has 7 heteroatoms. The predicted molar refractivity (Wildman–Crippen MR) is 109 cm³/mol. The van der Waals surface area contributed by atoms with E-state index in [-0.39, 0.29) is 24.3 Å². The number of hydrogen-bond donors (Lipinski definition) is 3. The number of amides is 3. The van der Waals surface area contributed by atoms with Gasteiger partial charge in [-0.3, -0.25) is 24.6 Å². The van der Waals surface area contributed by atoms with Gasteiger partial charge in [-0.05, 0) is 25.0 Å². The molecular weight excluding hydrogens is 382 g/mol. The smallest absolute Gasteiger partial charge is 0.250 e. The monoisotopic (exact) mass is 405 g/mol. The van der Waals surface area contributed by atoms with Crippen LogP contribution in [-0.4, -0.2) is 46.4 Å². The SMILES string of the molecule is C[C@H](O)[C@@H]1N[C@]2(C(=O)Nc3ccccc32)[C@@H]2C(=O)N(CCc3ccccc3)C(=O)[C@@H]12. The molecule has 1 spiro atoms. The lowest BCUT2D eigenvalue weighted by atomic mass is 9.76.